The molecular formula is C9H9BrFNO2. The molecule has 0 aliphatic heterocycles. The highest BCUT2D eigenvalue weighted by Crippen LogP contribution is 2.25. The summed E-state index contributed by atoms with van der Waals surface area (Å²) in [6.07, 6.45) is 0. The van der Waals surface area contributed by atoms with Crippen LogP contribution in [0.15, 0.2) is 22.7 Å². The first kappa shape index (κ1) is 11.1. The van der Waals surface area contributed by atoms with Crippen molar-refractivity contribution in [3.63, 3.8) is 0 Å². The second kappa shape index (κ2) is 3.67. The normalized spacial score (nSPS) is 14.9. The lowest BCUT2D eigenvalue weighted by atomic mass is 9.95. The van der Waals surface area contributed by atoms with Gasteiger partial charge >= 0.3 is 0 Å². The number of carbonyl (C=O) groups is 1. The van der Waals surface area contributed by atoms with Gasteiger partial charge in [0.25, 0.3) is 5.91 Å². The van der Waals surface area contributed by atoms with Crippen molar-refractivity contribution in [2.75, 3.05) is 0 Å². The van der Waals surface area contributed by atoms with Crippen molar-refractivity contribution < 1.29 is 14.3 Å². The van der Waals surface area contributed by atoms with E-state index in [-0.39, 0.29) is 10.0 Å². The van der Waals surface area contributed by atoms with Crippen LogP contribution in [-0.2, 0) is 10.4 Å². The SMILES string of the molecule is CC(O)(C(N)=O)c1ccc(F)c(Br)c1. The molecule has 0 aliphatic rings. The summed E-state index contributed by atoms with van der Waals surface area (Å²) in [4.78, 5) is 10.9. The lowest BCUT2D eigenvalue weighted by Gasteiger charge is -2.19. The van der Waals surface area contributed by atoms with Gasteiger partial charge in [0.05, 0.1) is 4.47 Å². The third-order valence-corrected chi connectivity index (χ3v) is 2.57. The molecule has 0 aromatic heterocycles. The first-order valence-electron chi connectivity index (χ1n) is 3.83. The number of primary amides is 1. The molecule has 0 saturated carbocycles. The number of carbonyl (C=O) groups excluding carboxylic acids is 1. The van der Waals surface area contributed by atoms with Crippen molar-refractivity contribution in [1.82, 2.24) is 0 Å². The summed E-state index contributed by atoms with van der Waals surface area (Å²) in [6.45, 7) is 1.26. The summed E-state index contributed by atoms with van der Waals surface area (Å²) in [5.41, 5.74) is 3.46. The summed E-state index contributed by atoms with van der Waals surface area (Å²) in [5, 5.41) is 9.66. The summed E-state index contributed by atoms with van der Waals surface area (Å²) >= 11 is 2.95. The van der Waals surface area contributed by atoms with Gasteiger partial charge in [-0.25, -0.2) is 4.39 Å². The van der Waals surface area contributed by atoms with Crippen molar-refractivity contribution in [2.45, 2.75) is 12.5 Å². The quantitative estimate of drug-likeness (QED) is 0.843. The molecule has 0 fully saturated rings. The van der Waals surface area contributed by atoms with Crippen molar-refractivity contribution in [2.24, 2.45) is 5.73 Å². The molecule has 14 heavy (non-hydrogen) atoms. The third kappa shape index (κ3) is 1.93. The largest absolute Gasteiger partial charge is 0.376 e. The zero-order valence-corrected chi connectivity index (χ0v) is 9.01. The number of hydrogen-bond donors (Lipinski definition) is 2. The molecule has 0 bridgehead atoms. The Morgan fingerprint density at radius 1 is 1.64 bits per heavy atom. The van der Waals surface area contributed by atoms with Gasteiger partial charge in [0.15, 0.2) is 5.60 Å². The molecule has 1 aromatic rings. The first-order valence-corrected chi connectivity index (χ1v) is 4.63. The number of nitrogens with two attached hydrogens (primary N) is 1. The average Bonchev–Trinajstić information content (AvgIpc) is 2.09. The molecule has 0 aliphatic carbocycles. The van der Waals surface area contributed by atoms with Crippen LogP contribution >= 0.6 is 15.9 Å². The van der Waals surface area contributed by atoms with Crippen molar-refractivity contribution in [3.05, 3.63) is 34.1 Å². The Bertz CT molecular complexity index is 379. The van der Waals surface area contributed by atoms with Crippen LogP contribution in [-0.4, -0.2) is 11.0 Å². The average molecular weight is 262 g/mol. The minimum atomic E-state index is -1.78. The Morgan fingerprint density at radius 2 is 2.21 bits per heavy atom. The van der Waals surface area contributed by atoms with E-state index in [0.717, 1.165) is 6.07 Å². The molecule has 1 atom stereocenters. The Labute approximate surface area is 88.9 Å². The van der Waals surface area contributed by atoms with E-state index in [1.165, 1.54) is 19.1 Å². The summed E-state index contributed by atoms with van der Waals surface area (Å²) in [7, 11) is 0. The van der Waals surface area contributed by atoms with E-state index in [2.05, 4.69) is 15.9 Å². The standard InChI is InChI=1S/C9H9BrFNO2/c1-9(14,8(12)13)5-2-3-7(11)6(10)4-5/h2-4,14H,1H3,(H2,12,13). The van der Waals surface area contributed by atoms with Gasteiger partial charge in [0.1, 0.15) is 5.82 Å². The first-order chi connectivity index (χ1) is 6.35. The highest BCUT2D eigenvalue weighted by Gasteiger charge is 2.30. The highest BCUT2D eigenvalue weighted by molar-refractivity contribution is 9.10. The van der Waals surface area contributed by atoms with E-state index in [4.69, 9.17) is 5.73 Å². The Hall–Kier alpha value is -0.940. The molecule has 0 radical (unpaired) electrons. The molecule has 1 unspecified atom stereocenters. The van der Waals surface area contributed by atoms with Crippen LogP contribution in [0.4, 0.5) is 4.39 Å². The molecule has 0 spiro atoms. The summed E-state index contributed by atoms with van der Waals surface area (Å²) in [6, 6.07) is 3.78. The van der Waals surface area contributed by atoms with Gasteiger partial charge in [-0.3, -0.25) is 4.79 Å². The maximum absolute atomic E-state index is 12.8. The molecule has 5 heteroatoms. The van der Waals surface area contributed by atoms with E-state index < -0.39 is 17.3 Å². The van der Waals surface area contributed by atoms with Crippen LogP contribution in [0.25, 0.3) is 0 Å². The molecular weight excluding hydrogens is 253 g/mol. The van der Waals surface area contributed by atoms with E-state index in [1.54, 1.807) is 0 Å². The number of aliphatic hydroxyl groups is 1. The fourth-order valence-electron chi connectivity index (χ4n) is 0.941. The fourth-order valence-corrected chi connectivity index (χ4v) is 1.32. The monoisotopic (exact) mass is 261 g/mol. The summed E-state index contributed by atoms with van der Waals surface area (Å²) < 4.78 is 13.0. The number of benzene rings is 1. The van der Waals surface area contributed by atoms with Gasteiger partial charge < -0.3 is 10.8 Å². The lowest BCUT2D eigenvalue weighted by molar-refractivity contribution is -0.135. The molecule has 0 saturated heterocycles. The van der Waals surface area contributed by atoms with Crippen LogP contribution in [0, 0.1) is 5.82 Å². The number of halogens is 2. The van der Waals surface area contributed by atoms with Crippen LogP contribution < -0.4 is 5.73 Å². The molecule has 3 nitrogen and oxygen atoms in total. The molecule has 1 rings (SSSR count). The lowest BCUT2D eigenvalue weighted by Crippen LogP contribution is -2.38. The van der Waals surface area contributed by atoms with Gasteiger partial charge in [-0.2, -0.15) is 0 Å². The van der Waals surface area contributed by atoms with E-state index in [1.807, 2.05) is 0 Å². The van der Waals surface area contributed by atoms with Gasteiger partial charge in [-0.05, 0) is 40.5 Å². The molecule has 76 valence electrons. The Kier molecular flexibility index (Phi) is 2.92. The third-order valence-electron chi connectivity index (χ3n) is 1.96. The van der Waals surface area contributed by atoms with Gasteiger partial charge in [0.2, 0.25) is 0 Å². The predicted octanol–water partition coefficient (Wildman–Crippen LogP) is 1.28. The van der Waals surface area contributed by atoms with Gasteiger partial charge in [-0.1, -0.05) is 6.07 Å². The molecule has 1 aromatic carbocycles. The maximum atomic E-state index is 12.8. The molecule has 3 N–H and O–H groups in total. The Balaban J connectivity index is 3.21. The van der Waals surface area contributed by atoms with E-state index in [9.17, 15) is 14.3 Å². The van der Waals surface area contributed by atoms with Crippen molar-refractivity contribution in [3.8, 4) is 0 Å². The molecule has 0 heterocycles. The second-order valence-corrected chi connectivity index (χ2v) is 3.92. The molecule has 1 amide bonds. The minimum Gasteiger partial charge on any atom is -0.376 e. The van der Waals surface area contributed by atoms with E-state index >= 15 is 0 Å². The van der Waals surface area contributed by atoms with E-state index in [0.29, 0.717) is 0 Å². The Morgan fingerprint density at radius 3 is 2.64 bits per heavy atom. The number of amides is 1. The van der Waals surface area contributed by atoms with Crippen molar-refractivity contribution in [1.29, 1.82) is 0 Å². The topological polar surface area (TPSA) is 63.3 Å². The van der Waals surface area contributed by atoms with Crippen LogP contribution in [0.2, 0.25) is 0 Å². The number of rotatable bonds is 2. The van der Waals surface area contributed by atoms with Crippen LogP contribution in [0.3, 0.4) is 0 Å². The minimum absolute atomic E-state index is 0.177. The highest BCUT2D eigenvalue weighted by atomic mass is 79.9. The number of hydrogen-bond acceptors (Lipinski definition) is 2. The fraction of sp³-hybridized carbons (Fsp3) is 0.222. The maximum Gasteiger partial charge on any atom is 0.253 e. The van der Waals surface area contributed by atoms with Crippen LogP contribution in [0.1, 0.15) is 12.5 Å². The smallest absolute Gasteiger partial charge is 0.253 e. The zero-order chi connectivity index (χ0) is 10.9. The van der Waals surface area contributed by atoms with Gasteiger partial charge in [0, 0.05) is 0 Å². The van der Waals surface area contributed by atoms with Crippen molar-refractivity contribution >= 4 is 21.8 Å². The summed E-state index contributed by atoms with van der Waals surface area (Å²) in [5.74, 6) is -1.34. The van der Waals surface area contributed by atoms with Gasteiger partial charge in [-0.15, -0.1) is 0 Å². The zero-order valence-electron chi connectivity index (χ0n) is 7.42. The van der Waals surface area contributed by atoms with Crippen LogP contribution in [0.5, 0.6) is 0 Å². The predicted molar refractivity (Wildman–Crippen MR) is 52.9 cm³/mol. The second-order valence-electron chi connectivity index (χ2n) is 3.07.